The van der Waals surface area contributed by atoms with Crippen molar-refractivity contribution in [2.75, 3.05) is 77.1 Å². The van der Waals surface area contributed by atoms with Gasteiger partial charge in [-0.05, 0) is 115 Å². The van der Waals surface area contributed by atoms with Crippen LogP contribution in [0.15, 0.2) is 111 Å². The molecule has 12 N–H and O–H groups in total. The van der Waals surface area contributed by atoms with Crippen LogP contribution in [0.3, 0.4) is 0 Å². The van der Waals surface area contributed by atoms with E-state index in [9.17, 15) is 28.8 Å². The van der Waals surface area contributed by atoms with E-state index in [1.54, 1.807) is 87.4 Å². The van der Waals surface area contributed by atoms with Crippen LogP contribution in [-0.2, 0) is 28.4 Å². The van der Waals surface area contributed by atoms with E-state index in [0.717, 1.165) is 46.1 Å². The Balaban J connectivity index is 0.000000166. The molecular weight excluding hydrogens is 1810 g/mol. The number of rotatable bonds is 24. The smallest absolute Gasteiger partial charge is 0.359 e. The topological polar surface area (TPSA) is 724 Å². The zero-order chi connectivity index (χ0) is 93.4. The number of carbonyl (C=O) groups is 6. The van der Waals surface area contributed by atoms with Gasteiger partial charge in [0.2, 0.25) is 0 Å². The first-order valence-corrected chi connectivity index (χ1v) is 41.4. The highest BCUT2D eigenvalue weighted by molar-refractivity contribution is 7.16. The minimum atomic E-state index is -0.625. The van der Waals surface area contributed by atoms with Crippen LogP contribution in [-0.4, -0.2) is 195 Å². The number of methoxy groups -OCH3 is 6. The molecule has 0 aliphatic heterocycles. The molecular formula is C70H68N42O12S6. The van der Waals surface area contributed by atoms with Crippen molar-refractivity contribution in [3.8, 4) is 34.9 Å². The summed E-state index contributed by atoms with van der Waals surface area (Å²) in [6.45, 7) is 17.0. The van der Waals surface area contributed by atoms with E-state index in [1.807, 2.05) is 0 Å². The Bertz CT molecular complexity index is 6550. The second-order valence-electron chi connectivity index (χ2n) is 26.0. The summed E-state index contributed by atoms with van der Waals surface area (Å²) in [5.74, 6) is -0.997. The Hall–Kier alpha value is -16.5. The molecule has 666 valence electrons. The van der Waals surface area contributed by atoms with Crippen molar-refractivity contribution in [1.29, 1.82) is 0 Å². The van der Waals surface area contributed by atoms with Gasteiger partial charge >= 0.3 is 35.8 Å². The molecule has 15 aromatic rings. The molecule has 0 saturated carbocycles. The first-order chi connectivity index (χ1) is 62.3. The van der Waals surface area contributed by atoms with E-state index in [-0.39, 0.29) is 144 Å². The molecule has 0 saturated heterocycles. The van der Waals surface area contributed by atoms with Crippen molar-refractivity contribution in [3.63, 3.8) is 0 Å². The first-order valence-electron chi connectivity index (χ1n) is 36.7. The Morgan fingerprint density at radius 1 is 0.292 bits per heavy atom. The Morgan fingerprint density at radius 2 is 0.523 bits per heavy atom. The maximum atomic E-state index is 12.1. The molecule has 0 aromatic carbocycles. The summed E-state index contributed by atoms with van der Waals surface area (Å²) in [6.07, 6.45) is 6.58. The number of hydrogen-bond acceptors (Lipinski definition) is 54. The maximum Gasteiger partial charge on any atom is 0.359 e. The molecule has 15 rings (SSSR count). The zero-order valence-electron chi connectivity index (χ0n) is 70.5. The van der Waals surface area contributed by atoms with Crippen LogP contribution in [0.4, 0.5) is 99.0 Å². The predicted molar refractivity (Wildman–Crippen MR) is 468 cm³/mol. The van der Waals surface area contributed by atoms with Crippen LogP contribution >= 0.6 is 68.8 Å². The van der Waals surface area contributed by atoms with Gasteiger partial charge in [0, 0.05) is 18.2 Å². The highest BCUT2D eigenvalue weighted by Gasteiger charge is 2.29. The van der Waals surface area contributed by atoms with E-state index >= 15 is 0 Å². The Morgan fingerprint density at radius 3 is 0.762 bits per heavy atom. The third-order valence-corrected chi connectivity index (χ3v) is 22.3. The minimum Gasteiger partial charge on any atom is -0.465 e. The van der Waals surface area contributed by atoms with Crippen LogP contribution in [0.1, 0.15) is 118 Å². The molecule has 0 aliphatic carbocycles. The molecule has 0 spiro atoms. The number of anilines is 6. The number of azo groups is 6. The van der Waals surface area contributed by atoms with Crippen molar-refractivity contribution in [3.05, 3.63) is 139 Å². The number of esters is 6. The predicted octanol–water partition coefficient (Wildman–Crippen LogP) is 13.1. The Labute approximate surface area is 753 Å². The lowest BCUT2D eigenvalue weighted by Gasteiger charge is -2.06. The van der Waals surface area contributed by atoms with Gasteiger partial charge in [0.25, 0.3) is 0 Å². The summed E-state index contributed by atoms with van der Waals surface area (Å²) in [6, 6.07) is 4.69. The van der Waals surface area contributed by atoms with Crippen molar-refractivity contribution in [2.45, 2.75) is 69.2 Å². The van der Waals surface area contributed by atoms with Crippen LogP contribution in [0, 0.1) is 69.2 Å². The average molecular weight is 1880 g/mol. The molecule has 0 fully saturated rings. The van der Waals surface area contributed by atoms with Gasteiger partial charge in [0.15, 0.2) is 145 Å². The minimum absolute atomic E-state index is 0.0555. The largest absolute Gasteiger partial charge is 0.465 e. The molecule has 15 heterocycles. The number of nitrogens with zero attached hydrogens (tertiary/aromatic N) is 36. The number of ether oxygens (including phenoxy) is 6. The molecule has 0 radical (unpaired) electrons. The second-order valence-corrected chi connectivity index (χ2v) is 31.4. The van der Waals surface area contributed by atoms with E-state index < -0.39 is 35.8 Å². The summed E-state index contributed by atoms with van der Waals surface area (Å²) in [7, 11) is 7.59. The number of thiazole rings is 2. The molecule has 130 heavy (non-hydrogen) atoms. The van der Waals surface area contributed by atoms with Crippen molar-refractivity contribution in [2.24, 2.45) is 61.4 Å². The molecule has 0 atom stereocenters. The lowest BCUT2D eigenvalue weighted by atomic mass is 10.2. The van der Waals surface area contributed by atoms with Crippen LogP contribution in [0.25, 0.3) is 34.9 Å². The molecule has 0 aliphatic rings. The third-order valence-electron chi connectivity index (χ3n) is 17.6. The van der Waals surface area contributed by atoms with Crippen LogP contribution in [0.2, 0.25) is 0 Å². The van der Waals surface area contributed by atoms with Crippen LogP contribution in [0.5, 0.6) is 0 Å². The van der Waals surface area contributed by atoms with Crippen molar-refractivity contribution < 1.29 is 57.2 Å². The summed E-state index contributed by atoms with van der Waals surface area (Å²) >= 11 is 6.33. The summed E-state index contributed by atoms with van der Waals surface area (Å²) in [5.41, 5.74) is 44.5. The first kappa shape index (κ1) is 91.2. The SMILES string of the molecule is COC(=O)c1c(C)nsc1N=Nc1c(C)nn(-c2cc(-n3nc(C)c(N=Nc4snc(C)c4C(=O)OC)c3N)ncn2)c1N.COC(=O)c1cnsc1N=Nc1c(C)nn(-c2cc(-n3nc(C)c(N=Nc4sncc4C(=O)OC)c3N)ncn2)c1N.COC(=O)c1nc(C)sc1N=Nc1c(C)nn(-c2cc(-n3nc(C)c(N=Nc4sc(C)nc4C(=O)OC)c3N)ncn2)c1N. The molecule has 60 heteroatoms. The molecule has 0 bridgehead atoms. The molecule has 15 aromatic heterocycles. The van der Waals surface area contributed by atoms with E-state index in [4.69, 9.17) is 62.8 Å². The number of aromatic nitrogens is 24. The van der Waals surface area contributed by atoms with Gasteiger partial charge < -0.3 is 62.8 Å². The Kier molecular flexibility index (Phi) is 27.3. The fraction of sp³-hybridized carbons (Fsp3) is 0.229. The third kappa shape index (κ3) is 18.7. The van der Waals surface area contributed by atoms with E-state index in [0.29, 0.717) is 78.8 Å². The quantitative estimate of drug-likeness (QED) is 0.0186. The molecule has 54 nitrogen and oxygen atoms in total. The fourth-order valence-electron chi connectivity index (χ4n) is 11.4. The average Bonchev–Trinajstić information content (AvgIpc) is 1.64. The number of hydrogen-bond donors (Lipinski definition) is 6. The normalized spacial score (nSPS) is 11.6. The van der Waals surface area contributed by atoms with Crippen LogP contribution < -0.4 is 34.4 Å². The van der Waals surface area contributed by atoms with Crippen molar-refractivity contribution in [1.82, 2.24) is 116 Å². The highest BCUT2D eigenvalue weighted by Crippen LogP contribution is 2.42. The van der Waals surface area contributed by atoms with Gasteiger partial charge in [0.1, 0.15) is 41.2 Å². The number of nitrogens with two attached hydrogens (primary N) is 6. The highest BCUT2D eigenvalue weighted by atomic mass is 32.1. The standard InChI is InChI=1S/2C24H24N14O4S2.C22H20N14O4S2/c1-9-15(31-33-21-17(23(39)41-5)29-11(3)43-21)19(25)37(35-9)13-7-14(28-8-27-13)38-20(26)16(10(2)36-38)32-34-22-18(24(40)42-6)30-12(4)44-22;1-9-15(23(39)41-5)21(43-35-9)31-29-17-11(3)33-37(19(17)25)13-7-14(28-8-27-13)38-20(26)18(12(4)34-38)30-32-22-16(24(40)42-6)10(2)36-44-22;1-9-15(29-31-19-11(6-27-41-19)21(37)39-3)17(23)35(33-9)13-5-14(26-8-25-13)36-18(24)16(10(2)34-36)30-32-20-12(7-28-42-20)22(38)40-4/h2*7-8H,25-26H2,1-6H3;5-8H,23-24H2,1-4H3. The van der Waals surface area contributed by atoms with Gasteiger partial charge in [-0.25, -0.2) is 68.6 Å². The van der Waals surface area contributed by atoms with Gasteiger partial charge in [0.05, 0.1) is 111 Å². The van der Waals surface area contributed by atoms with E-state index in [1.165, 1.54) is 125 Å². The van der Waals surface area contributed by atoms with Crippen molar-refractivity contribution >= 4 is 204 Å². The zero-order valence-corrected chi connectivity index (χ0v) is 75.4. The number of aryl methyl sites for hydroxylation is 10. The lowest BCUT2D eigenvalue weighted by Crippen LogP contribution is -2.09. The monoisotopic (exact) mass is 1880 g/mol. The van der Waals surface area contributed by atoms with Gasteiger partial charge in [-0.15, -0.1) is 61.4 Å². The summed E-state index contributed by atoms with van der Waals surface area (Å²) in [5, 5.41) is 79.8. The number of nitrogen functional groups attached to an aromatic ring is 6. The number of carbonyl (C=O) groups excluding carboxylic acids is 6. The lowest BCUT2D eigenvalue weighted by molar-refractivity contribution is 0.0587. The van der Waals surface area contributed by atoms with Gasteiger partial charge in [-0.3, -0.25) is 0 Å². The van der Waals surface area contributed by atoms with Gasteiger partial charge in [-0.2, -0.15) is 76.2 Å². The summed E-state index contributed by atoms with van der Waals surface area (Å²) in [4.78, 5) is 106. The fourth-order valence-corrected chi connectivity index (χ4v) is 15.4. The molecule has 0 amide bonds. The molecule has 0 unspecified atom stereocenters. The summed E-state index contributed by atoms with van der Waals surface area (Å²) < 4.78 is 53.0. The second kappa shape index (κ2) is 38.9. The maximum absolute atomic E-state index is 12.1. The van der Waals surface area contributed by atoms with Gasteiger partial charge in [-0.1, -0.05) is 22.7 Å². The van der Waals surface area contributed by atoms with E-state index in [2.05, 4.69) is 149 Å².